The van der Waals surface area contributed by atoms with E-state index in [1.807, 2.05) is 24.3 Å². The van der Waals surface area contributed by atoms with E-state index in [2.05, 4.69) is 4.98 Å². The molecule has 0 aliphatic rings. The number of aromatic nitrogens is 1. The monoisotopic (exact) mass is 357 g/mol. The van der Waals surface area contributed by atoms with Crippen LogP contribution in [0.15, 0.2) is 42.6 Å². The maximum absolute atomic E-state index is 12.3. The maximum atomic E-state index is 12.3. The summed E-state index contributed by atoms with van der Waals surface area (Å²) in [5, 5.41) is 17.7. The van der Waals surface area contributed by atoms with Gasteiger partial charge in [0.25, 0.3) is 0 Å². The third-order valence-electron chi connectivity index (χ3n) is 4.05. The summed E-state index contributed by atoms with van der Waals surface area (Å²) in [7, 11) is 0. The molecule has 2 aromatic rings. The molecule has 0 aliphatic heterocycles. The number of carbonyl (C=O) groups excluding carboxylic acids is 2. The summed E-state index contributed by atoms with van der Waals surface area (Å²) >= 11 is 0. The third kappa shape index (κ3) is 6.27. The highest BCUT2D eigenvalue weighted by atomic mass is 16.5. The number of hydrogen-bond donors (Lipinski definition) is 4. The molecule has 1 atom stereocenters. The summed E-state index contributed by atoms with van der Waals surface area (Å²) in [6.07, 6.45) is 3.51. The zero-order valence-electron chi connectivity index (χ0n) is 14.4. The van der Waals surface area contributed by atoms with Crippen LogP contribution in [0.1, 0.15) is 29.7 Å². The standard InChI is InChI=1S/C19H23N3O4/c20-17(11-15-8-9-16(23)12-21-15)18(24)10-14-6-4-13(5-7-14)2-1-3-19(25)22-26/h4-9,12,17,23,26H,1-3,10-11,20H2,(H,22,25). The van der Waals surface area contributed by atoms with E-state index in [0.717, 1.165) is 11.1 Å². The van der Waals surface area contributed by atoms with Crippen LogP contribution in [0.4, 0.5) is 0 Å². The molecule has 0 spiro atoms. The van der Waals surface area contributed by atoms with E-state index in [0.29, 0.717) is 25.0 Å². The molecule has 1 amide bonds. The van der Waals surface area contributed by atoms with Gasteiger partial charge in [0.1, 0.15) is 5.75 Å². The topological polar surface area (TPSA) is 126 Å². The number of hydrogen-bond acceptors (Lipinski definition) is 6. The van der Waals surface area contributed by atoms with Gasteiger partial charge in [-0.25, -0.2) is 5.48 Å². The van der Waals surface area contributed by atoms with Crippen molar-refractivity contribution in [1.82, 2.24) is 10.5 Å². The minimum atomic E-state index is -0.649. The fraction of sp³-hybridized carbons (Fsp3) is 0.316. The molecular weight excluding hydrogens is 334 g/mol. The Kier molecular flexibility index (Phi) is 7.25. The average Bonchev–Trinajstić information content (AvgIpc) is 2.64. The number of rotatable bonds is 9. The Labute approximate surface area is 151 Å². The number of aryl methyl sites for hydroxylation is 1. The second-order valence-electron chi connectivity index (χ2n) is 6.17. The van der Waals surface area contributed by atoms with Crippen molar-refractivity contribution in [3.63, 3.8) is 0 Å². The molecule has 0 radical (unpaired) electrons. The molecule has 1 aromatic carbocycles. The fourth-order valence-electron chi connectivity index (χ4n) is 2.54. The quantitative estimate of drug-likeness (QED) is 0.396. The zero-order valence-corrected chi connectivity index (χ0v) is 14.4. The Morgan fingerprint density at radius 3 is 2.42 bits per heavy atom. The molecule has 1 heterocycles. The SMILES string of the molecule is NC(Cc1ccc(O)cn1)C(=O)Cc1ccc(CCCC(=O)NO)cc1. The number of Topliss-reactive ketones (excluding diaryl/α,β-unsaturated/α-hetero) is 1. The van der Waals surface area contributed by atoms with E-state index in [1.54, 1.807) is 11.5 Å². The maximum Gasteiger partial charge on any atom is 0.243 e. The number of benzene rings is 1. The van der Waals surface area contributed by atoms with Gasteiger partial charge in [0.2, 0.25) is 5.91 Å². The Balaban J connectivity index is 1.82. The van der Waals surface area contributed by atoms with E-state index < -0.39 is 11.9 Å². The zero-order chi connectivity index (χ0) is 18.9. The highest BCUT2D eigenvalue weighted by Crippen LogP contribution is 2.11. The van der Waals surface area contributed by atoms with Crippen LogP contribution in [0.3, 0.4) is 0 Å². The highest BCUT2D eigenvalue weighted by molar-refractivity contribution is 5.86. The van der Waals surface area contributed by atoms with Crippen LogP contribution in [0.25, 0.3) is 0 Å². The lowest BCUT2D eigenvalue weighted by Crippen LogP contribution is -2.34. The van der Waals surface area contributed by atoms with E-state index in [-0.39, 0.29) is 24.4 Å². The summed E-state index contributed by atoms with van der Waals surface area (Å²) < 4.78 is 0. The molecule has 0 bridgehead atoms. The van der Waals surface area contributed by atoms with Crippen molar-refractivity contribution in [3.8, 4) is 5.75 Å². The molecule has 0 saturated carbocycles. The number of aromatic hydroxyl groups is 1. The van der Waals surface area contributed by atoms with Gasteiger partial charge in [-0.15, -0.1) is 0 Å². The first-order chi connectivity index (χ1) is 12.5. The summed E-state index contributed by atoms with van der Waals surface area (Å²) in [5.74, 6) is -0.401. The molecule has 5 N–H and O–H groups in total. The van der Waals surface area contributed by atoms with Gasteiger partial charge in [-0.3, -0.25) is 19.8 Å². The number of nitrogens with zero attached hydrogens (tertiary/aromatic N) is 1. The van der Waals surface area contributed by atoms with Gasteiger partial charge in [-0.05, 0) is 36.1 Å². The van der Waals surface area contributed by atoms with Crippen molar-refractivity contribution in [1.29, 1.82) is 0 Å². The van der Waals surface area contributed by atoms with Crippen molar-refractivity contribution in [3.05, 3.63) is 59.4 Å². The first-order valence-corrected chi connectivity index (χ1v) is 8.41. The molecule has 0 fully saturated rings. The van der Waals surface area contributed by atoms with Gasteiger partial charge in [-0.1, -0.05) is 24.3 Å². The van der Waals surface area contributed by atoms with Gasteiger partial charge in [0.15, 0.2) is 5.78 Å². The van der Waals surface area contributed by atoms with Crippen molar-refractivity contribution < 1.29 is 19.9 Å². The van der Waals surface area contributed by atoms with Crippen LogP contribution >= 0.6 is 0 Å². The molecule has 1 aromatic heterocycles. The minimum absolute atomic E-state index is 0.0747. The van der Waals surface area contributed by atoms with E-state index >= 15 is 0 Å². The Morgan fingerprint density at radius 2 is 1.81 bits per heavy atom. The van der Waals surface area contributed by atoms with Crippen molar-refractivity contribution in [2.75, 3.05) is 0 Å². The van der Waals surface area contributed by atoms with Gasteiger partial charge in [-0.2, -0.15) is 0 Å². The first kappa shape index (κ1) is 19.6. The molecule has 2 rings (SSSR count). The molecule has 7 heteroatoms. The van der Waals surface area contributed by atoms with Gasteiger partial charge < -0.3 is 10.8 Å². The number of nitrogens with two attached hydrogens (primary N) is 1. The third-order valence-corrected chi connectivity index (χ3v) is 4.05. The number of ketones is 1. The fourth-order valence-corrected chi connectivity index (χ4v) is 2.54. The molecule has 0 aliphatic carbocycles. The number of amides is 1. The van der Waals surface area contributed by atoms with Gasteiger partial charge >= 0.3 is 0 Å². The number of hydroxylamine groups is 1. The molecular formula is C19H23N3O4. The molecule has 0 saturated heterocycles. The lowest BCUT2D eigenvalue weighted by molar-refractivity contribution is -0.129. The predicted octanol–water partition coefficient (Wildman–Crippen LogP) is 1.30. The summed E-state index contributed by atoms with van der Waals surface area (Å²) in [4.78, 5) is 27.3. The molecule has 26 heavy (non-hydrogen) atoms. The lowest BCUT2D eigenvalue weighted by Gasteiger charge is -2.11. The highest BCUT2D eigenvalue weighted by Gasteiger charge is 2.15. The van der Waals surface area contributed by atoms with Crippen LogP contribution in [0, 0.1) is 0 Å². The Morgan fingerprint density at radius 1 is 1.12 bits per heavy atom. The number of pyridine rings is 1. The minimum Gasteiger partial charge on any atom is -0.506 e. The van der Waals surface area contributed by atoms with Crippen molar-refractivity contribution in [2.24, 2.45) is 5.73 Å². The lowest BCUT2D eigenvalue weighted by atomic mass is 9.99. The van der Waals surface area contributed by atoms with Crippen LogP contribution < -0.4 is 11.2 Å². The molecule has 7 nitrogen and oxygen atoms in total. The number of carbonyl (C=O) groups is 2. The summed E-state index contributed by atoms with van der Waals surface area (Å²) in [6.45, 7) is 0. The second-order valence-corrected chi connectivity index (χ2v) is 6.17. The van der Waals surface area contributed by atoms with Crippen LogP contribution in [0.2, 0.25) is 0 Å². The van der Waals surface area contributed by atoms with Crippen molar-refractivity contribution in [2.45, 2.75) is 38.1 Å². The largest absolute Gasteiger partial charge is 0.506 e. The van der Waals surface area contributed by atoms with E-state index in [9.17, 15) is 14.7 Å². The van der Waals surface area contributed by atoms with E-state index in [4.69, 9.17) is 10.9 Å². The van der Waals surface area contributed by atoms with Crippen LogP contribution in [0.5, 0.6) is 5.75 Å². The van der Waals surface area contributed by atoms with Crippen molar-refractivity contribution >= 4 is 11.7 Å². The van der Waals surface area contributed by atoms with Crippen LogP contribution in [-0.2, 0) is 28.9 Å². The van der Waals surface area contributed by atoms with Crippen LogP contribution in [-0.4, -0.2) is 33.0 Å². The normalized spacial score (nSPS) is 11.8. The Bertz CT molecular complexity index is 729. The Hall–Kier alpha value is -2.77. The molecule has 138 valence electrons. The summed E-state index contributed by atoms with van der Waals surface area (Å²) in [5.41, 5.74) is 10.2. The van der Waals surface area contributed by atoms with Gasteiger partial charge in [0, 0.05) is 25.0 Å². The predicted molar refractivity (Wildman–Crippen MR) is 95.6 cm³/mol. The first-order valence-electron chi connectivity index (χ1n) is 8.41. The van der Waals surface area contributed by atoms with Gasteiger partial charge in [0.05, 0.1) is 12.2 Å². The van der Waals surface area contributed by atoms with E-state index in [1.165, 1.54) is 12.3 Å². The second kappa shape index (κ2) is 9.65. The molecule has 1 unspecified atom stereocenters. The average molecular weight is 357 g/mol. The number of nitrogens with one attached hydrogen (secondary N) is 1. The summed E-state index contributed by atoms with van der Waals surface area (Å²) in [6, 6.07) is 10.1. The smallest absolute Gasteiger partial charge is 0.243 e.